The minimum atomic E-state index is 0.689. The molecule has 0 aliphatic heterocycles. The van der Waals surface area contributed by atoms with Crippen molar-refractivity contribution in [3.05, 3.63) is 36.4 Å². The van der Waals surface area contributed by atoms with Gasteiger partial charge in [-0.1, -0.05) is 25.7 Å². The number of nitrogens with zero attached hydrogens (tertiary/aromatic N) is 2. The predicted molar refractivity (Wildman–Crippen MR) is 139 cm³/mol. The second-order valence-electron chi connectivity index (χ2n) is 12.3. The van der Waals surface area contributed by atoms with Crippen molar-refractivity contribution in [1.82, 2.24) is 19.9 Å². The van der Waals surface area contributed by atoms with Crippen LogP contribution >= 0.6 is 0 Å². The Labute approximate surface area is 211 Å². The van der Waals surface area contributed by atoms with E-state index in [4.69, 9.17) is 4.74 Å². The first kappa shape index (κ1) is 23.8. The Bertz CT molecular complexity index is 800. The fourth-order valence-corrected chi connectivity index (χ4v) is 8.33. The van der Waals surface area contributed by atoms with Crippen molar-refractivity contribution >= 4 is 0 Å². The smallest absolute Gasteiger partial charge is 0.0923 e. The maximum Gasteiger partial charge on any atom is 0.0923 e. The monoisotopic (exact) mass is 478 g/mol. The molecule has 0 radical (unpaired) electrons. The molecule has 4 aliphatic rings. The van der Waals surface area contributed by atoms with Gasteiger partial charge in [-0.3, -0.25) is 0 Å². The second kappa shape index (κ2) is 11.2. The number of aromatic nitrogens is 4. The van der Waals surface area contributed by atoms with E-state index in [1.165, 1.54) is 101 Å². The summed E-state index contributed by atoms with van der Waals surface area (Å²) in [6, 6.07) is 0. The highest BCUT2D eigenvalue weighted by Crippen LogP contribution is 2.54. The van der Waals surface area contributed by atoms with E-state index in [0.29, 0.717) is 11.8 Å². The fourth-order valence-electron chi connectivity index (χ4n) is 8.33. The van der Waals surface area contributed by atoms with Crippen LogP contribution in [0.25, 0.3) is 0 Å². The zero-order chi connectivity index (χ0) is 23.5. The number of rotatable bonds is 12. The molecule has 4 aliphatic carbocycles. The van der Waals surface area contributed by atoms with Crippen LogP contribution in [0.15, 0.2) is 25.0 Å². The Hall–Kier alpha value is -1.62. The molecule has 192 valence electrons. The lowest BCUT2D eigenvalue weighted by atomic mass is 9.67. The quantitative estimate of drug-likeness (QED) is 0.316. The first-order chi connectivity index (χ1) is 17.4. The SMILES string of the molecule is c1nc([C@H]2CCCC(CCCOCCCC3CCC[C@H](c4c[nH]cn4)[C@@H]3C3CC3)[C@H]2C2CC2)c[nH]1. The number of imidazole rings is 2. The van der Waals surface area contributed by atoms with Crippen molar-refractivity contribution in [2.75, 3.05) is 13.2 Å². The van der Waals surface area contributed by atoms with Crippen molar-refractivity contribution < 1.29 is 4.74 Å². The number of aromatic amines is 2. The largest absolute Gasteiger partial charge is 0.381 e. The summed E-state index contributed by atoms with van der Waals surface area (Å²) in [7, 11) is 0. The maximum atomic E-state index is 6.20. The zero-order valence-corrected chi connectivity index (χ0v) is 21.5. The molecule has 0 amide bonds. The third kappa shape index (κ3) is 5.70. The Morgan fingerprint density at radius 1 is 0.657 bits per heavy atom. The van der Waals surface area contributed by atoms with E-state index < -0.39 is 0 Å². The van der Waals surface area contributed by atoms with Crippen molar-refractivity contribution in [2.45, 2.75) is 102 Å². The lowest BCUT2D eigenvalue weighted by molar-refractivity contribution is 0.0951. The van der Waals surface area contributed by atoms with Gasteiger partial charge in [0.1, 0.15) is 0 Å². The lowest BCUT2D eigenvalue weighted by Gasteiger charge is -2.38. The molecule has 5 heteroatoms. The summed E-state index contributed by atoms with van der Waals surface area (Å²) in [6.07, 6.45) is 27.3. The van der Waals surface area contributed by atoms with Gasteiger partial charge in [0, 0.05) is 37.4 Å². The highest BCUT2D eigenvalue weighted by Gasteiger charge is 2.45. The van der Waals surface area contributed by atoms with E-state index in [1.807, 2.05) is 12.7 Å². The maximum absolute atomic E-state index is 6.20. The van der Waals surface area contributed by atoms with Gasteiger partial charge in [-0.25, -0.2) is 9.97 Å². The van der Waals surface area contributed by atoms with Gasteiger partial charge in [0.05, 0.1) is 24.0 Å². The van der Waals surface area contributed by atoms with Gasteiger partial charge in [0.15, 0.2) is 0 Å². The van der Waals surface area contributed by atoms with Gasteiger partial charge < -0.3 is 14.7 Å². The summed E-state index contributed by atoms with van der Waals surface area (Å²) in [5.74, 6) is 6.78. The summed E-state index contributed by atoms with van der Waals surface area (Å²) >= 11 is 0. The van der Waals surface area contributed by atoms with Gasteiger partial charge in [-0.2, -0.15) is 0 Å². The molecule has 5 nitrogen and oxygen atoms in total. The predicted octanol–water partition coefficient (Wildman–Crippen LogP) is 7.23. The summed E-state index contributed by atoms with van der Waals surface area (Å²) < 4.78 is 6.20. The van der Waals surface area contributed by atoms with Gasteiger partial charge in [0.2, 0.25) is 0 Å². The molecule has 0 saturated heterocycles. The minimum absolute atomic E-state index is 0.689. The van der Waals surface area contributed by atoms with Gasteiger partial charge in [0.25, 0.3) is 0 Å². The number of ether oxygens (including phenoxy) is 1. The van der Waals surface area contributed by atoms with E-state index >= 15 is 0 Å². The molecule has 35 heavy (non-hydrogen) atoms. The standard InChI is InChI=1S/C30H46N4O/c1-5-21(29(23-11-12-23)25(9-1)27-17-31-19-33-27)7-3-15-35-16-4-8-22-6-2-10-26(28-18-32-20-34-28)30(22)24-13-14-24/h17-26,29-30H,1-16H2,(H,31,33)(H,32,34)/t21?,22?,25-,26-,29+,30+/m1/s1. The summed E-state index contributed by atoms with van der Waals surface area (Å²) in [5.41, 5.74) is 2.65. The van der Waals surface area contributed by atoms with Crippen LogP contribution in [0.5, 0.6) is 0 Å². The number of hydrogen-bond donors (Lipinski definition) is 2. The first-order valence-corrected chi connectivity index (χ1v) is 14.9. The summed E-state index contributed by atoms with van der Waals surface area (Å²) in [6.45, 7) is 1.90. The van der Waals surface area contributed by atoms with Gasteiger partial charge >= 0.3 is 0 Å². The van der Waals surface area contributed by atoms with Crippen LogP contribution in [0.1, 0.15) is 113 Å². The van der Waals surface area contributed by atoms with Crippen LogP contribution in [0.2, 0.25) is 0 Å². The van der Waals surface area contributed by atoms with E-state index in [9.17, 15) is 0 Å². The molecule has 6 rings (SSSR count). The Morgan fingerprint density at radius 3 is 1.54 bits per heavy atom. The van der Waals surface area contributed by atoms with Gasteiger partial charge in [-0.15, -0.1) is 0 Å². The number of hydrogen-bond acceptors (Lipinski definition) is 3. The molecule has 0 aromatic carbocycles. The van der Waals surface area contributed by atoms with E-state index in [0.717, 1.165) is 48.7 Å². The molecule has 2 N–H and O–H groups in total. The third-order valence-corrected chi connectivity index (χ3v) is 10.1. The van der Waals surface area contributed by atoms with Crippen molar-refractivity contribution in [2.24, 2.45) is 35.5 Å². The van der Waals surface area contributed by atoms with Crippen LogP contribution in [-0.4, -0.2) is 33.1 Å². The molecule has 2 heterocycles. The van der Waals surface area contributed by atoms with Crippen molar-refractivity contribution in [3.8, 4) is 0 Å². The van der Waals surface area contributed by atoms with Crippen LogP contribution in [-0.2, 0) is 4.74 Å². The highest BCUT2D eigenvalue weighted by molar-refractivity contribution is 5.11. The molecule has 4 fully saturated rings. The normalized spacial score (nSPS) is 33.7. The second-order valence-corrected chi connectivity index (χ2v) is 12.3. The van der Waals surface area contributed by atoms with Crippen molar-refractivity contribution in [3.63, 3.8) is 0 Å². The Morgan fingerprint density at radius 2 is 1.14 bits per heavy atom. The summed E-state index contributed by atoms with van der Waals surface area (Å²) in [4.78, 5) is 15.7. The van der Waals surface area contributed by atoms with Crippen LogP contribution in [0.4, 0.5) is 0 Å². The molecule has 0 bridgehead atoms. The molecule has 0 spiro atoms. The highest BCUT2D eigenvalue weighted by atomic mass is 16.5. The average Bonchev–Trinajstić information content (AvgIpc) is 3.79. The molecule has 4 saturated carbocycles. The number of nitrogens with one attached hydrogen (secondary N) is 2. The van der Waals surface area contributed by atoms with Gasteiger partial charge in [-0.05, 0) is 99.7 Å². The topological polar surface area (TPSA) is 66.6 Å². The number of H-pyrrole nitrogens is 2. The molecule has 6 atom stereocenters. The molecular formula is C30H46N4O. The van der Waals surface area contributed by atoms with E-state index in [2.05, 4.69) is 32.3 Å². The fraction of sp³-hybridized carbons (Fsp3) is 0.800. The van der Waals surface area contributed by atoms with E-state index in [1.54, 1.807) is 0 Å². The zero-order valence-electron chi connectivity index (χ0n) is 21.5. The summed E-state index contributed by atoms with van der Waals surface area (Å²) in [5, 5.41) is 0. The molecular weight excluding hydrogens is 432 g/mol. The Balaban J connectivity index is 0.924. The molecule has 2 aromatic heterocycles. The first-order valence-electron chi connectivity index (χ1n) is 14.9. The van der Waals surface area contributed by atoms with Crippen LogP contribution in [0, 0.1) is 35.5 Å². The minimum Gasteiger partial charge on any atom is -0.381 e. The van der Waals surface area contributed by atoms with Crippen LogP contribution in [0.3, 0.4) is 0 Å². The average molecular weight is 479 g/mol. The Kier molecular flexibility index (Phi) is 7.60. The van der Waals surface area contributed by atoms with Crippen molar-refractivity contribution in [1.29, 1.82) is 0 Å². The van der Waals surface area contributed by atoms with E-state index in [-0.39, 0.29) is 0 Å². The molecule has 2 aromatic rings. The lowest BCUT2D eigenvalue weighted by Crippen LogP contribution is -2.29. The van der Waals surface area contributed by atoms with Crippen LogP contribution < -0.4 is 0 Å². The molecule has 2 unspecified atom stereocenters. The third-order valence-electron chi connectivity index (χ3n) is 10.1.